The Labute approximate surface area is 181 Å². The van der Waals surface area contributed by atoms with Gasteiger partial charge in [0.25, 0.3) is 0 Å². The van der Waals surface area contributed by atoms with Gasteiger partial charge in [-0.2, -0.15) is 0 Å². The van der Waals surface area contributed by atoms with Crippen LogP contribution in [-0.2, 0) is 28.2 Å². The lowest BCUT2D eigenvalue weighted by Gasteiger charge is -2.36. The minimum atomic E-state index is -3.21. The lowest BCUT2D eigenvalue weighted by Crippen LogP contribution is -2.53. The second-order valence-corrected chi connectivity index (χ2v) is 9.91. The predicted molar refractivity (Wildman–Crippen MR) is 119 cm³/mol. The van der Waals surface area contributed by atoms with E-state index in [2.05, 4.69) is 32.3 Å². The summed E-state index contributed by atoms with van der Waals surface area (Å²) in [4.78, 5) is 6.29. The lowest BCUT2D eigenvalue weighted by molar-refractivity contribution is 0.0754. The first-order valence-electron chi connectivity index (χ1n) is 8.18. The molecule has 1 aromatic rings. The van der Waals surface area contributed by atoms with Crippen LogP contribution >= 0.6 is 39.9 Å². The molecule has 1 fully saturated rings. The summed E-state index contributed by atoms with van der Waals surface area (Å²) in [7, 11) is 2.43. The molecule has 0 bridgehead atoms. The standard InChI is InChI=1S/C16H27BrN4O3S.HI/c1-18-15(21(3)11-14-9-13(17)10-20(14)2)19-12-16(25(4,22)23)5-7-24-8-6-16;/h9-10H,5-8,11-12H2,1-4H3,(H,18,19);1H. The molecule has 1 aromatic heterocycles. The van der Waals surface area contributed by atoms with Crippen molar-refractivity contribution in [3.63, 3.8) is 0 Å². The third-order valence-electron chi connectivity index (χ3n) is 4.81. The summed E-state index contributed by atoms with van der Waals surface area (Å²) in [6.45, 7) is 1.95. The minimum absolute atomic E-state index is 0. The highest BCUT2D eigenvalue weighted by atomic mass is 127. The van der Waals surface area contributed by atoms with Crippen molar-refractivity contribution in [3.8, 4) is 0 Å². The lowest BCUT2D eigenvalue weighted by atomic mass is 9.99. The number of aryl methyl sites for hydroxylation is 1. The monoisotopic (exact) mass is 562 g/mol. The van der Waals surface area contributed by atoms with E-state index in [0.29, 0.717) is 45.1 Å². The van der Waals surface area contributed by atoms with Crippen molar-refractivity contribution in [1.29, 1.82) is 0 Å². The number of sulfone groups is 1. The Bertz CT molecular complexity index is 730. The highest BCUT2D eigenvalue weighted by Crippen LogP contribution is 2.28. The highest BCUT2D eigenvalue weighted by molar-refractivity contribution is 14.0. The van der Waals surface area contributed by atoms with Gasteiger partial charge < -0.3 is 19.5 Å². The Hall–Kier alpha value is -0.330. The molecule has 0 aliphatic carbocycles. The van der Waals surface area contributed by atoms with Gasteiger partial charge in [-0.05, 0) is 34.8 Å². The van der Waals surface area contributed by atoms with E-state index in [1.54, 1.807) is 7.05 Å². The van der Waals surface area contributed by atoms with E-state index in [4.69, 9.17) is 4.74 Å². The number of aliphatic imine (C=N–C) groups is 1. The molecule has 0 aromatic carbocycles. The molecule has 10 heteroatoms. The molecule has 0 radical (unpaired) electrons. The van der Waals surface area contributed by atoms with Gasteiger partial charge in [0.1, 0.15) is 0 Å². The molecule has 1 aliphatic heterocycles. The molecule has 0 spiro atoms. The second kappa shape index (κ2) is 9.74. The molecule has 1 saturated heterocycles. The van der Waals surface area contributed by atoms with Crippen molar-refractivity contribution >= 4 is 55.7 Å². The predicted octanol–water partition coefficient (Wildman–Crippen LogP) is 2.01. The Morgan fingerprint density at radius 2 is 2.08 bits per heavy atom. The van der Waals surface area contributed by atoms with E-state index in [9.17, 15) is 8.42 Å². The van der Waals surface area contributed by atoms with Crippen molar-refractivity contribution in [2.45, 2.75) is 24.1 Å². The van der Waals surface area contributed by atoms with Gasteiger partial charge >= 0.3 is 0 Å². The molecule has 2 rings (SSSR count). The zero-order valence-corrected chi connectivity index (χ0v) is 20.4. The number of ether oxygens (including phenoxy) is 1. The summed E-state index contributed by atoms with van der Waals surface area (Å²) in [5.41, 5.74) is 1.13. The molecule has 2 heterocycles. The van der Waals surface area contributed by atoms with Gasteiger partial charge in [-0.15, -0.1) is 24.0 Å². The van der Waals surface area contributed by atoms with Gasteiger partial charge in [-0.3, -0.25) is 4.99 Å². The molecular formula is C16H28BrIN4O3S. The van der Waals surface area contributed by atoms with Gasteiger partial charge in [0.05, 0.1) is 11.3 Å². The molecule has 7 nitrogen and oxygen atoms in total. The third kappa shape index (κ3) is 5.59. The minimum Gasteiger partial charge on any atom is -0.381 e. The summed E-state index contributed by atoms with van der Waals surface area (Å²) in [5.74, 6) is 0.673. The van der Waals surface area contributed by atoms with Gasteiger partial charge in [-0.25, -0.2) is 8.42 Å². The van der Waals surface area contributed by atoms with Crippen molar-refractivity contribution in [2.75, 3.05) is 40.1 Å². The van der Waals surface area contributed by atoms with Crippen molar-refractivity contribution in [2.24, 2.45) is 12.0 Å². The van der Waals surface area contributed by atoms with E-state index < -0.39 is 14.6 Å². The first-order valence-corrected chi connectivity index (χ1v) is 10.9. The van der Waals surface area contributed by atoms with Crippen LogP contribution in [0.15, 0.2) is 21.7 Å². The first kappa shape index (κ1) is 23.7. The number of halogens is 2. The van der Waals surface area contributed by atoms with Crippen LogP contribution in [0, 0.1) is 0 Å². The summed E-state index contributed by atoms with van der Waals surface area (Å²) in [6, 6.07) is 2.06. The van der Waals surface area contributed by atoms with Crippen LogP contribution in [0.3, 0.4) is 0 Å². The Morgan fingerprint density at radius 3 is 2.54 bits per heavy atom. The molecule has 26 heavy (non-hydrogen) atoms. The summed E-state index contributed by atoms with van der Waals surface area (Å²) < 4.78 is 32.4. The molecule has 0 atom stereocenters. The van der Waals surface area contributed by atoms with E-state index in [-0.39, 0.29) is 24.0 Å². The molecular weight excluding hydrogens is 535 g/mol. The first-order chi connectivity index (χ1) is 11.7. The zero-order valence-electron chi connectivity index (χ0n) is 15.7. The Morgan fingerprint density at radius 1 is 1.46 bits per heavy atom. The summed E-state index contributed by atoms with van der Waals surface area (Å²) in [6.07, 6.45) is 4.32. The second-order valence-electron chi connectivity index (χ2n) is 6.58. The normalized spacial score (nSPS) is 17.5. The van der Waals surface area contributed by atoms with Crippen molar-refractivity contribution in [3.05, 3.63) is 22.4 Å². The number of hydrogen-bond donors (Lipinski definition) is 1. The number of hydrogen-bond acceptors (Lipinski definition) is 4. The number of rotatable bonds is 5. The van der Waals surface area contributed by atoms with Crippen LogP contribution in [0.2, 0.25) is 0 Å². The maximum absolute atomic E-state index is 12.4. The fourth-order valence-electron chi connectivity index (χ4n) is 3.09. The van der Waals surface area contributed by atoms with Gasteiger partial charge in [0.2, 0.25) is 0 Å². The third-order valence-corrected chi connectivity index (χ3v) is 7.37. The van der Waals surface area contributed by atoms with Crippen molar-refractivity contribution in [1.82, 2.24) is 14.8 Å². The van der Waals surface area contributed by atoms with Crippen LogP contribution in [0.1, 0.15) is 18.5 Å². The van der Waals surface area contributed by atoms with Crippen LogP contribution in [0.25, 0.3) is 0 Å². The number of aromatic nitrogens is 1. The van der Waals surface area contributed by atoms with Crippen LogP contribution in [0.5, 0.6) is 0 Å². The van der Waals surface area contributed by atoms with Crippen molar-refractivity contribution < 1.29 is 13.2 Å². The van der Waals surface area contributed by atoms with Gasteiger partial charge in [0, 0.05) is 63.5 Å². The summed E-state index contributed by atoms with van der Waals surface area (Å²) in [5, 5.41) is 3.25. The highest BCUT2D eigenvalue weighted by Gasteiger charge is 2.42. The number of nitrogens with one attached hydrogen (secondary N) is 1. The smallest absolute Gasteiger partial charge is 0.193 e. The quantitative estimate of drug-likeness (QED) is 0.337. The SMILES string of the molecule is CN=C(NCC1(S(C)(=O)=O)CCOCC1)N(C)Cc1cc(Br)cn1C.I. The largest absolute Gasteiger partial charge is 0.381 e. The summed E-state index contributed by atoms with van der Waals surface area (Å²) >= 11 is 3.47. The van der Waals surface area contributed by atoms with Gasteiger partial charge in [-0.1, -0.05) is 0 Å². The van der Waals surface area contributed by atoms with E-state index in [1.807, 2.05) is 29.8 Å². The van der Waals surface area contributed by atoms with E-state index in [1.165, 1.54) is 6.26 Å². The maximum Gasteiger partial charge on any atom is 0.193 e. The van der Waals surface area contributed by atoms with Crippen LogP contribution < -0.4 is 5.32 Å². The zero-order chi connectivity index (χ0) is 18.7. The molecule has 0 amide bonds. The maximum atomic E-state index is 12.4. The fraction of sp³-hybridized carbons (Fsp3) is 0.688. The van der Waals surface area contributed by atoms with E-state index >= 15 is 0 Å². The topological polar surface area (TPSA) is 75.9 Å². The molecule has 0 saturated carbocycles. The molecule has 0 unspecified atom stereocenters. The van der Waals surface area contributed by atoms with Crippen LogP contribution in [-0.4, -0.2) is 68.7 Å². The number of guanidine groups is 1. The molecule has 150 valence electrons. The van der Waals surface area contributed by atoms with Gasteiger partial charge in [0.15, 0.2) is 15.8 Å². The average molecular weight is 563 g/mol. The van der Waals surface area contributed by atoms with Crippen LogP contribution in [0.4, 0.5) is 0 Å². The van der Waals surface area contributed by atoms with E-state index in [0.717, 1.165) is 10.2 Å². The molecule has 1 aliphatic rings. The average Bonchev–Trinajstić information content (AvgIpc) is 2.85. The fourth-order valence-corrected chi connectivity index (χ4v) is 4.90. The Balaban J connectivity index is 0.00000338. The Kier molecular flexibility index (Phi) is 8.88. The number of nitrogens with zero attached hydrogens (tertiary/aromatic N) is 3. The molecule has 1 N–H and O–H groups in total.